The summed E-state index contributed by atoms with van der Waals surface area (Å²) < 4.78 is 65.4. The van der Waals surface area contributed by atoms with E-state index in [0.29, 0.717) is 5.92 Å². The van der Waals surface area contributed by atoms with Gasteiger partial charge in [0.05, 0.1) is 0 Å². The van der Waals surface area contributed by atoms with Crippen molar-refractivity contribution in [3.05, 3.63) is 71.1 Å². The van der Waals surface area contributed by atoms with Gasteiger partial charge in [-0.05, 0) is 60.0 Å². The van der Waals surface area contributed by atoms with E-state index in [4.69, 9.17) is 29.9 Å². The smallest absolute Gasteiger partial charge is 0.475 e. The Hall–Kier alpha value is -4.05. The first-order valence-corrected chi connectivity index (χ1v) is 12.8. The van der Waals surface area contributed by atoms with Gasteiger partial charge in [-0.25, -0.2) is 19.1 Å². The number of carbonyl (C=O) groups is 2. The fraction of sp³-hybridized carbons (Fsp3) is 0.320. The lowest BCUT2D eigenvalue weighted by Crippen LogP contribution is -2.34. The summed E-state index contributed by atoms with van der Waals surface area (Å²) >= 11 is 1.77. The quantitative estimate of drug-likeness (QED) is 0.294. The maximum Gasteiger partial charge on any atom is 0.490 e. The number of pyridine rings is 2. The molecule has 41 heavy (non-hydrogen) atoms. The molecule has 1 aliphatic heterocycles. The van der Waals surface area contributed by atoms with Crippen molar-refractivity contribution in [3.63, 3.8) is 0 Å². The summed E-state index contributed by atoms with van der Waals surface area (Å²) in [5.74, 6) is -4.15. The number of carboxylic acids is 2. The minimum atomic E-state index is -5.08. The molecule has 9 nitrogen and oxygen atoms in total. The number of alkyl halides is 6. The monoisotopic (exact) mass is 603 g/mol. The number of hydrogen-bond donors (Lipinski definition) is 2. The fourth-order valence-electron chi connectivity index (χ4n) is 3.83. The molecule has 220 valence electrons. The highest BCUT2D eigenvalue weighted by Crippen LogP contribution is 2.27. The third kappa shape index (κ3) is 9.53. The Morgan fingerprint density at radius 2 is 1.68 bits per heavy atom. The van der Waals surface area contributed by atoms with Crippen molar-refractivity contribution in [2.75, 3.05) is 13.1 Å². The van der Waals surface area contributed by atoms with Crippen molar-refractivity contribution in [3.8, 4) is 11.1 Å². The minimum Gasteiger partial charge on any atom is -0.475 e. The van der Waals surface area contributed by atoms with Gasteiger partial charge in [0, 0.05) is 48.7 Å². The van der Waals surface area contributed by atoms with Crippen molar-refractivity contribution in [1.29, 1.82) is 0 Å². The first-order chi connectivity index (χ1) is 19.2. The highest BCUT2D eigenvalue weighted by Gasteiger charge is 2.38. The molecule has 0 aromatic carbocycles. The number of rotatable bonds is 4. The van der Waals surface area contributed by atoms with Crippen molar-refractivity contribution < 1.29 is 46.1 Å². The summed E-state index contributed by atoms with van der Waals surface area (Å²) in [5, 5.41) is 23.5. The number of thiophene rings is 1. The maximum absolute atomic E-state index is 10.6. The second-order valence-corrected chi connectivity index (χ2v) is 9.52. The van der Waals surface area contributed by atoms with E-state index in [0.717, 1.165) is 48.7 Å². The first kappa shape index (κ1) is 31.5. The van der Waals surface area contributed by atoms with Crippen LogP contribution >= 0.6 is 11.3 Å². The lowest BCUT2D eigenvalue weighted by atomic mass is 9.97. The molecule has 0 aliphatic carbocycles. The second kappa shape index (κ2) is 13.5. The van der Waals surface area contributed by atoms with E-state index in [9.17, 15) is 26.3 Å². The van der Waals surface area contributed by atoms with Crippen LogP contribution in [0, 0.1) is 0 Å². The van der Waals surface area contributed by atoms with Gasteiger partial charge in [-0.1, -0.05) is 6.07 Å². The molecule has 1 fully saturated rings. The molecule has 1 saturated heterocycles. The Morgan fingerprint density at radius 1 is 1.00 bits per heavy atom. The zero-order valence-electron chi connectivity index (χ0n) is 21.0. The number of carboxylic acid groups (broad SMARTS) is 2. The Balaban J connectivity index is 0.000000276. The normalized spacial score (nSPS) is 15.8. The van der Waals surface area contributed by atoms with Crippen LogP contribution < -0.4 is 0 Å². The van der Waals surface area contributed by atoms with E-state index in [2.05, 4.69) is 45.0 Å². The van der Waals surface area contributed by atoms with Gasteiger partial charge in [-0.15, -0.1) is 0 Å². The molecule has 1 aliphatic rings. The molecule has 0 bridgehead atoms. The topological polar surface area (TPSA) is 121 Å². The van der Waals surface area contributed by atoms with Crippen LogP contribution in [0.4, 0.5) is 26.3 Å². The van der Waals surface area contributed by atoms with Crippen LogP contribution in [0.5, 0.6) is 0 Å². The Kier molecular flexibility index (Phi) is 10.4. The SMILES string of the molecule is O=C(O)C(F)(F)F.O=C(O)C(F)(F)F.c1cncc(-c2ccc3nc(C4CCCN(Cc5ccsc5)C4)nn3c2)c1. The van der Waals surface area contributed by atoms with Crippen molar-refractivity contribution in [1.82, 2.24) is 24.5 Å². The molecular formula is C25H23F6N5O4S. The Labute approximate surface area is 232 Å². The summed E-state index contributed by atoms with van der Waals surface area (Å²) in [6.07, 6.45) is -2.09. The van der Waals surface area contributed by atoms with Crippen LogP contribution in [0.2, 0.25) is 0 Å². The molecule has 0 saturated carbocycles. The number of halogens is 6. The van der Waals surface area contributed by atoms with Gasteiger partial charge < -0.3 is 10.2 Å². The third-order valence-corrected chi connectivity index (χ3v) is 6.42. The molecule has 4 aromatic heterocycles. The standard InChI is InChI=1S/C21H21N5S.2C2HF3O2/c1-3-17(11-22-8-1)18-5-6-20-23-21(24-26(20)14-18)19-4-2-9-25(13-19)12-16-7-10-27-15-16;2*3-2(4,5)1(6)7/h1,3,5-8,10-11,14-15,19H,2,4,9,12-13H2;2*(H,6,7). The number of aromatic nitrogens is 4. The van der Waals surface area contributed by atoms with E-state index in [-0.39, 0.29) is 0 Å². The van der Waals surface area contributed by atoms with Gasteiger partial charge in [-0.2, -0.15) is 42.8 Å². The van der Waals surface area contributed by atoms with Crippen LogP contribution in [0.25, 0.3) is 16.8 Å². The lowest BCUT2D eigenvalue weighted by Gasteiger charge is -2.31. The molecular weight excluding hydrogens is 580 g/mol. The Morgan fingerprint density at radius 3 is 2.24 bits per heavy atom. The first-order valence-electron chi connectivity index (χ1n) is 11.8. The van der Waals surface area contributed by atoms with Crippen LogP contribution in [0.3, 0.4) is 0 Å². The number of hydrogen-bond acceptors (Lipinski definition) is 7. The maximum atomic E-state index is 10.6. The van der Waals surface area contributed by atoms with Crippen molar-refractivity contribution >= 4 is 28.9 Å². The van der Waals surface area contributed by atoms with Crippen LogP contribution in [-0.4, -0.2) is 72.1 Å². The zero-order valence-corrected chi connectivity index (χ0v) is 21.8. The Bertz CT molecular complexity index is 1400. The molecule has 2 N–H and O–H groups in total. The highest BCUT2D eigenvalue weighted by atomic mass is 32.1. The average molecular weight is 604 g/mol. The van der Waals surface area contributed by atoms with Crippen molar-refractivity contribution in [2.24, 2.45) is 0 Å². The lowest BCUT2D eigenvalue weighted by molar-refractivity contribution is -0.193. The second-order valence-electron chi connectivity index (χ2n) is 8.74. The highest BCUT2D eigenvalue weighted by molar-refractivity contribution is 7.07. The van der Waals surface area contributed by atoms with E-state index < -0.39 is 24.3 Å². The summed E-state index contributed by atoms with van der Waals surface area (Å²) in [6.45, 7) is 3.21. The van der Waals surface area contributed by atoms with Gasteiger partial charge in [0.25, 0.3) is 0 Å². The average Bonchev–Trinajstić information content (AvgIpc) is 3.58. The zero-order chi connectivity index (χ0) is 30.2. The predicted molar refractivity (Wildman–Crippen MR) is 135 cm³/mol. The molecule has 0 amide bonds. The molecule has 5 heterocycles. The fourth-order valence-corrected chi connectivity index (χ4v) is 4.49. The van der Waals surface area contributed by atoms with Gasteiger partial charge in [-0.3, -0.25) is 9.88 Å². The van der Waals surface area contributed by atoms with E-state index in [1.165, 1.54) is 12.0 Å². The van der Waals surface area contributed by atoms with Gasteiger partial charge in [0.1, 0.15) is 0 Å². The predicted octanol–water partition coefficient (Wildman–Crippen LogP) is 5.50. The largest absolute Gasteiger partial charge is 0.490 e. The summed E-state index contributed by atoms with van der Waals surface area (Å²) in [6, 6.07) is 10.4. The van der Waals surface area contributed by atoms with Crippen LogP contribution in [-0.2, 0) is 16.1 Å². The molecule has 4 aromatic rings. The van der Waals surface area contributed by atoms with E-state index in [1.807, 2.05) is 22.8 Å². The summed E-state index contributed by atoms with van der Waals surface area (Å²) in [5.41, 5.74) is 4.52. The molecule has 1 atom stereocenters. The number of likely N-dealkylation sites (tertiary alicyclic amines) is 1. The number of fused-ring (bicyclic) bond motifs is 1. The van der Waals surface area contributed by atoms with Crippen LogP contribution in [0.15, 0.2) is 59.7 Å². The molecule has 0 radical (unpaired) electrons. The van der Waals surface area contributed by atoms with Gasteiger partial charge in [0.15, 0.2) is 11.5 Å². The number of piperidine rings is 1. The number of nitrogens with zero attached hydrogens (tertiary/aromatic N) is 5. The molecule has 16 heteroatoms. The van der Waals surface area contributed by atoms with Gasteiger partial charge >= 0.3 is 24.3 Å². The molecule has 5 rings (SSSR count). The summed E-state index contributed by atoms with van der Waals surface area (Å²) in [7, 11) is 0. The van der Waals surface area contributed by atoms with Crippen LogP contribution in [0.1, 0.15) is 30.1 Å². The third-order valence-electron chi connectivity index (χ3n) is 5.68. The van der Waals surface area contributed by atoms with Gasteiger partial charge in [0.2, 0.25) is 0 Å². The number of aliphatic carboxylic acids is 2. The molecule has 1 unspecified atom stereocenters. The minimum absolute atomic E-state index is 0.402. The van der Waals surface area contributed by atoms with E-state index in [1.54, 1.807) is 17.5 Å². The van der Waals surface area contributed by atoms with Crippen molar-refractivity contribution in [2.45, 2.75) is 37.7 Å². The van der Waals surface area contributed by atoms with E-state index >= 15 is 0 Å². The summed E-state index contributed by atoms with van der Waals surface area (Å²) in [4.78, 5) is 29.3. The molecule has 0 spiro atoms.